The molecule has 1 rings (SSSR count). The monoisotopic (exact) mass is 264 g/mol. The average Bonchev–Trinajstić information content (AvgIpc) is 2.41. The number of hydrogen-bond donors (Lipinski definition) is 2. The van der Waals surface area contributed by atoms with E-state index < -0.39 is 0 Å². The molecule has 0 bridgehead atoms. The molecule has 1 aromatic heterocycles. The number of carbonyl (C=O) groups is 1. The minimum atomic E-state index is 0.0438. The van der Waals surface area contributed by atoms with Gasteiger partial charge >= 0.3 is 0 Å². The molecule has 1 aromatic rings. The van der Waals surface area contributed by atoms with E-state index in [1.165, 1.54) is 0 Å². The molecule has 0 radical (unpaired) electrons. The molecule has 0 aliphatic rings. The van der Waals surface area contributed by atoms with Crippen LogP contribution in [0.1, 0.15) is 25.8 Å². The number of carbonyl (C=O) groups excluding carboxylic acids is 1. The maximum absolute atomic E-state index is 11.5. The third kappa shape index (κ3) is 5.26. The van der Waals surface area contributed by atoms with Crippen molar-refractivity contribution < 1.29 is 4.79 Å². The summed E-state index contributed by atoms with van der Waals surface area (Å²) in [5, 5.41) is 5.92. The zero-order chi connectivity index (χ0) is 14.1. The lowest BCUT2D eigenvalue weighted by atomic mass is 10.2. The fourth-order valence-corrected chi connectivity index (χ4v) is 1.95. The van der Waals surface area contributed by atoms with E-state index >= 15 is 0 Å². The molecule has 2 N–H and O–H groups in total. The van der Waals surface area contributed by atoms with Crippen molar-refractivity contribution in [2.45, 2.75) is 26.8 Å². The molecule has 0 aromatic carbocycles. The van der Waals surface area contributed by atoms with Crippen molar-refractivity contribution >= 4 is 11.7 Å². The minimum absolute atomic E-state index is 0.0438. The second-order valence-electron chi connectivity index (χ2n) is 4.43. The number of likely N-dealkylation sites (N-methyl/N-ethyl adjacent to an activating group) is 1. The lowest BCUT2D eigenvalue weighted by Gasteiger charge is -2.22. The Morgan fingerprint density at radius 2 is 2.21 bits per heavy atom. The summed E-state index contributed by atoms with van der Waals surface area (Å²) in [6, 6.07) is 3.98. The molecular weight excluding hydrogens is 240 g/mol. The first kappa shape index (κ1) is 15.4. The Hall–Kier alpha value is -1.62. The van der Waals surface area contributed by atoms with Gasteiger partial charge in [0.05, 0.1) is 6.54 Å². The Morgan fingerprint density at radius 3 is 2.84 bits per heavy atom. The first-order valence-electron chi connectivity index (χ1n) is 6.81. The second-order valence-corrected chi connectivity index (χ2v) is 4.43. The molecule has 0 atom stereocenters. The smallest absolute Gasteiger partial charge is 0.233 e. The van der Waals surface area contributed by atoms with Crippen LogP contribution in [0, 0.1) is 0 Å². The van der Waals surface area contributed by atoms with Crippen molar-refractivity contribution in [3.63, 3.8) is 0 Å². The molecule has 0 aliphatic heterocycles. The van der Waals surface area contributed by atoms with Crippen LogP contribution in [0.15, 0.2) is 18.3 Å². The average molecular weight is 264 g/mol. The van der Waals surface area contributed by atoms with Crippen LogP contribution in [-0.2, 0) is 11.3 Å². The molecule has 0 saturated carbocycles. The molecule has 0 aliphatic carbocycles. The second kappa shape index (κ2) is 8.48. The van der Waals surface area contributed by atoms with Crippen molar-refractivity contribution in [2.75, 3.05) is 32.0 Å². The number of rotatable bonds is 8. The van der Waals surface area contributed by atoms with Gasteiger partial charge in [0.25, 0.3) is 0 Å². The van der Waals surface area contributed by atoms with E-state index in [1.807, 2.05) is 13.0 Å². The summed E-state index contributed by atoms with van der Waals surface area (Å²) in [4.78, 5) is 18.0. The summed E-state index contributed by atoms with van der Waals surface area (Å²) in [5.74, 6) is 0.949. The Balaban J connectivity index is 2.74. The molecule has 5 nitrogen and oxygen atoms in total. The van der Waals surface area contributed by atoms with Crippen LogP contribution in [0.2, 0.25) is 0 Å². The number of aromatic nitrogens is 1. The fourth-order valence-electron chi connectivity index (χ4n) is 1.95. The lowest BCUT2D eigenvalue weighted by molar-refractivity contribution is -0.121. The van der Waals surface area contributed by atoms with Crippen molar-refractivity contribution in [1.82, 2.24) is 15.2 Å². The highest BCUT2D eigenvalue weighted by molar-refractivity contribution is 5.77. The summed E-state index contributed by atoms with van der Waals surface area (Å²) in [6.45, 7) is 7.06. The Kier molecular flexibility index (Phi) is 6.89. The summed E-state index contributed by atoms with van der Waals surface area (Å²) >= 11 is 0. The maximum Gasteiger partial charge on any atom is 0.233 e. The molecule has 1 amide bonds. The summed E-state index contributed by atoms with van der Waals surface area (Å²) in [6.07, 6.45) is 2.80. The van der Waals surface area contributed by atoms with E-state index in [9.17, 15) is 4.79 Å². The Morgan fingerprint density at radius 1 is 1.42 bits per heavy atom. The van der Waals surface area contributed by atoms with Crippen LogP contribution in [0.25, 0.3) is 0 Å². The normalized spacial score (nSPS) is 10.5. The van der Waals surface area contributed by atoms with Gasteiger partial charge in [0, 0.05) is 31.9 Å². The van der Waals surface area contributed by atoms with Gasteiger partial charge in [0.1, 0.15) is 5.82 Å². The first-order valence-corrected chi connectivity index (χ1v) is 6.81. The van der Waals surface area contributed by atoms with Crippen molar-refractivity contribution in [2.24, 2.45) is 0 Å². The van der Waals surface area contributed by atoms with Crippen LogP contribution in [-0.4, -0.2) is 42.5 Å². The van der Waals surface area contributed by atoms with Crippen LogP contribution >= 0.6 is 0 Å². The molecule has 0 unspecified atom stereocenters. The zero-order valence-electron chi connectivity index (χ0n) is 12.1. The number of nitrogens with one attached hydrogen (secondary N) is 2. The fraction of sp³-hybridized carbons (Fsp3) is 0.571. The zero-order valence-corrected chi connectivity index (χ0v) is 12.1. The van der Waals surface area contributed by atoms with E-state index in [4.69, 9.17) is 0 Å². The van der Waals surface area contributed by atoms with E-state index in [1.54, 1.807) is 13.2 Å². The highest BCUT2D eigenvalue weighted by atomic mass is 16.1. The van der Waals surface area contributed by atoms with Gasteiger partial charge in [-0.15, -0.1) is 0 Å². The maximum atomic E-state index is 11.5. The number of pyridine rings is 1. The van der Waals surface area contributed by atoms with Gasteiger partial charge in [-0.2, -0.15) is 0 Å². The summed E-state index contributed by atoms with van der Waals surface area (Å²) in [5.41, 5.74) is 1.13. The molecular formula is C14H24N4O. The van der Waals surface area contributed by atoms with Gasteiger partial charge in [0.15, 0.2) is 0 Å². The third-order valence-electron chi connectivity index (χ3n) is 2.82. The molecule has 5 heteroatoms. The van der Waals surface area contributed by atoms with Crippen LogP contribution in [0.3, 0.4) is 0 Å². The summed E-state index contributed by atoms with van der Waals surface area (Å²) < 4.78 is 0. The van der Waals surface area contributed by atoms with E-state index in [2.05, 4.69) is 33.5 Å². The quantitative estimate of drug-likeness (QED) is 0.746. The van der Waals surface area contributed by atoms with E-state index in [0.717, 1.165) is 37.4 Å². The molecule has 106 valence electrons. The molecule has 19 heavy (non-hydrogen) atoms. The molecule has 0 saturated heterocycles. The third-order valence-corrected chi connectivity index (χ3v) is 2.82. The number of amides is 1. The highest BCUT2D eigenvalue weighted by Gasteiger charge is 2.12. The van der Waals surface area contributed by atoms with E-state index in [-0.39, 0.29) is 5.91 Å². The number of nitrogens with zero attached hydrogens (tertiary/aromatic N) is 2. The number of anilines is 1. The van der Waals surface area contributed by atoms with Crippen molar-refractivity contribution in [3.8, 4) is 0 Å². The van der Waals surface area contributed by atoms with Gasteiger partial charge in [-0.25, -0.2) is 4.98 Å². The lowest BCUT2D eigenvalue weighted by Crippen LogP contribution is -2.35. The Bertz CT molecular complexity index is 395. The molecule has 0 spiro atoms. The van der Waals surface area contributed by atoms with Crippen LogP contribution in [0.5, 0.6) is 0 Å². The van der Waals surface area contributed by atoms with Gasteiger partial charge in [-0.05, 0) is 26.0 Å². The van der Waals surface area contributed by atoms with Crippen LogP contribution in [0.4, 0.5) is 5.82 Å². The predicted molar refractivity (Wildman–Crippen MR) is 78.0 cm³/mol. The standard InChI is InChI=1S/C14H24N4O/c1-4-9-18(11-13(19)15-3)10-12-7-6-8-17-14(12)16-5-2/h6-8H,4-5,9-11H2,1-3H3,(H,15,19)(H,16,17). The summed E-state index contributed by atoms with van der Waals surface area (Å²) in [7, 11) is 1.67. The Labute approximate surface area is 115 Å². The number of hydrogen-bond acceptors (Lipinski definition) is 4. The SMILES string of the molecule is CCCN(CC(=O)NC)Cc1cccnc1NCC. The van der Waals surface area contributed by atoms with Gasteiger partial charge < -0.3 is 10.6 Å². The molecule has 0 fully saturated rings. The van der Waals surface area contributed by atoms with Crippen LogP contribution < -0.4 is 10.6 Å². The predicted octanol–water partition coefficient (Wildman–Crippen LogP) is 1.47. The molecule has 1 heterocycles. The minimum Gasteiger partial charge on any atom is -0.370 e. The highest BCUT2D eigenvalue weighted by Crippen LogP contribution is 2.14. The van der Waals surface area contributed by atoms with Gasteiger partial charge in [-0.3, -0.25) is 9.69 Å². The largest absolute Gasteiger partial charge is 0.370 e. The van der Waals surface area contributed by atoms with E-state index in [0.29, 0.717) is 6.54 Å². The van der Waals surface area contributed by atoms with Crippen molar-refractivity contribution in [3.05, 3.63) is 23.9 Å². The topological polar surface area (TPSA) is 57.3 Å². The van der Waals surface area contributed by atoms with Crippen molar-refractivity contribution in [1.29, 1.82) is 0 Å². The van der Waals surface area contributed by atoms with Gasteiger partial charge in [0.2, 0.25) is 5.91 Å². The van der Waals surface area contributed by atoms with Gasteiger partial charge in [-0.1, -0.05) is 13.0 Å². The first-order chi connectivity index (χ1) is 9.21.